The van der Waals surface area contributed by atoms with Gasteiger partial charge in [0.05, 0.1) is 6.04 Å². The van der Waals surface area contributed by atoms with Gasteiger partial charge in [-0.05, 0) is 48.1 Å². The molecule has 1 atom stereocenters. The van der Waals surface area contributed by atoms with Gasteiger partial charge >= 0.3 is 0 Å². The molecule has 1 aromatic heterocycles. The minimum absolute atomic E-state index is 0.00216. The van der Waals surface area contributed by atoms with Crippen LogP contribution < -0.4 is 5.32 Å². The molecule has 0 saturated heterocycles. The number of hydrogen-bond donors (Lipinski definition) is 1. The lowest BCUT2D eigenvalue weighted by Crippen LogP contribution is -2.40. The molecular formula is C23H24N2OS. The molecule has 1 aliphatic rings. The number of amides is 1. The van der Waals surface area contributed by atoms with Gasteiger partial charge in [-0.1, -0.05) is 48.0 Å². The van der Waals surface area contributed by atoms with E-state index in [-0.39, 0.29) is 11.9 Å². The van der Waals surface area contributed by atoms with Crippen LogP contribution in [-0.4, -0.2) is 23.9 Å². The molecular weight excluding hydrogens is 352 g/mol. The van der Waals surface area contributed by atoms with E-state index < -0.39 is 0 Å². The van der Waals surface area contributed by atoms with E-state index >= 15 is 0 Å². The average molecular weight is 377 g/mol. The zero-order valence-electron chi connectivity index (χ0n) is 15.5. The topological polar surface area (TPSA) is 32.3 Å². The van der Waals surface area contributed by atoms with Gasteiger partial charge < -0.3 is 5.32 Å². The third-order valence-electron chi connectivity index (χ3n) is 5.21. The van der Waals surface area contributed by atoms with Crippen molar-refractivity contribution in [3.8, 4) is 0 Å². The lowest BCUT2D eigenvalue weighted by atomic mass is 9.98. The summed E-state index contributed by atoms with van der Waals surface area (Å²) in [4.78, 5) is 16.4. The maximum absolute atomic E-state index is 12.6. The number of aryl methyl sites for hydroxylation is 1. The molecule has 0 spiro atoms. The molecule has 0 radical (unpaired) electrons. The van der Waals surface area contributed by atoms with Crippen molar-refractivity contribution < 1.29 is 4.79 Å². The zero-order chi connectivity index (χ0) is 18.6. The zero-order valence-corrected chi connectivity index (χ0v) is 16.3. The Morgan fingerprint density at radius 2 is 1.96 bits per heavy atom. The summed E-state index contributed by atoms with van der Waals surface area (Å²) in [6.07, 6.45) is 1.06. The van der Waals surface area contributed by atoms with Crippen LogP contribution in [0.3, 0.4) is 0 Å². The van der Waals surface area contributed by atoms with Crippen LogP contribution in [0.2, 0.25) is 0 Å². The lowest BCUT2D eigenvalue weighted by molar-refractivity contribution is 0.0928. The molecule has 0 aliphatic carbocycles. The maximum atomic E-state index is 12.6. The minimum atomic E-state index is -0.00216. The summed E-state index contributed by atoms with van der Waals surface area (Å²) in [6, 6.07) is 20.9. The second kappa shape index (κ2) is 8.07. The van der Waals surface area contributed by atoms with Crippen molar-refractivity contribution in [1.82, 2.24) is 10.2 Å². The maximum Gasteiger partial charge on any atom is 0.251 e. The van der Waals surface area contributed by atoms with Crippen LogP contribution in [0.25, 0.3) is 0 Å². The van der Waals surface area contributed by atoms with E-state index in [1.54, 1.807) is 11.3 Å². The van der Waals surface area contributed by atoms with Gasteiger partial charge in [0.1, 0.15) is 0 Å². The Hall–Kier alpha value is -2.43. The third kappa shape index (κ3) is 4.12. The van der Waals surface area contributed by atoms with E-state index in [4.69, 9.17) is 0 Å². The first kappa shape index (κ1) is 18.0. The quantitative estimate of drug-likeness (QED) is 0.707. The number of benzene rings is 2. The Kier molecular flexibility index (Phi) is 5.37. The Balaban J connectivity index is 1.50. The van der Waals surface area contributed by atoms with Crippen LogP contribution in [0.1, 0.15) is 38.0 Å². The molecule has 2 heterocycles. The Bertz CT molecular complexity index is 920. The Labute approximate surface area is 164 Å². The van der Waals surface area contributed by atoms with Gasteiger partial charge in [-0.2, -0.15) is 0 Å². The van der Waals surface area contributed by atoms with Gasteiger partial charge in [-0.25, -0.2) is 0 Å². The third-order valence-corrected chi connectivity index (χ3v) is 6.18. The van der Waals surface area contributed by atoms with E-state index in [9.17, 15) is 4.79 Å². The van der Waals surface area contributed by atoms with Crippen molar-refractivity contribution in [3.05, 3.63) is 93.2 Å². The fourth-order valence-corrected chi connectivity index (χ4v) is 4.61. The number of nitrogens with zero attached hydrogens (tertiary/aromatic N) is 1. The highest BCUT2D eigenvalue weighted by Gasteiger charge is 2.26. The van der Waals surface area contributed by atoms with Crippen LogP contribution in [0.15, 0.2) is 66.0 Å². The second-order valence-electron chi connectivity index (χ2n) is 7.10. The number of carbonyl (C=O) groups is 1. The van der Waals surface area contributed by atoms with Crippen LogP contribution in [0, 0.1) is 6.92 Å². The first-order valence-electron chi connectivity index (χ1n) is 9.40. The molecule has 4 rings (SSSR count). The summed E-state index contributed by atoms with van der Waals surface area (Å²) in [7, 11) is 0. The highest BCUT2D eigenvalue weighted by Crippen LogP contribution is 2.30. The molecule has 0 saturated carbocycles. The number of fused-ring (bicyclic) bond motifs is 1. The molecule has 1 aliphatic heterocycles. The molecule has 0 unspecified atom stereocenters. The molecule has 3 aromatic rings. The van der Waals surface area contributed by atoms with E-state index in [2.05, 4.69) is 52.0 Å². The second-order valence-corrected chi connectivity index (χ2v) is 8.08. The van der Waals surface area contributed by atoms with Gasteiger partial charge in [0.15, 0.2) is 0 Å². The Morgan fingerprint density at radius 1 is 1.11 bits per heavy atom. The first-order valence-corrected chi connectivity index (χ1v) is 10.3. The van der Waals surface area contributed by atoms with Crippen molar-refractivity contribution in [3.63, 3.8) is 0 Å². The largest absolute Gasteiger partial charge is 0.350 e. The molecule has 1 amide bonds. The fraction of sp³-hybridized carbons (Fsp3) is 0.261. The summed E-state index contributed by atoms with van der Waals surface area (Å²) in [6.45, 7) is 4.57. The fourth-order valence-electron chi connectivity index (χ4n) is 3.75. The lowest BCUT2D eigenvalue weighted by Gasteiger charge is -2.35. The number of thiophene rings is 1. The van der Waals surface area contributed by atoms with Gasteiger partial charge in [0.2, 0.25) is 0 Å². The van der Waals surface area contributed by atoms with Crippen LogP contribution >= 0.6 is 11.3 Å². The highest BCUT2D eigenvalue weighted by molar-refractivity contribution is 7.10. The molecule has 3 nitrogen and oxygen atoms in total. The van der Waals surface area contributed by atoms with Crippen molar-refractivity contribution in [2.45, 2.75) is 25.9 Å². The van der Waals surface area contributed by atoms with E-state index in [1.807, 2.05) is 31.2 Å². The normalized spacial score (nSPS) is 15.1. The van der Waals surface area contributed by atoms with Crippen LogP contribution in [0.5, 0.6) is 0 Å². The summed E-state index contributed by atoms with van der Waals surface area (Å²) >= 11 is 1.76. The molecule has 4 heteroatoms. The van der Waals surface area contributed by atoms with Gasteiger partial charge in [0.25, 0.3) is 5.91 Å². The summed E-state index contributed by atoms with van der Waals surface area (Å²) in [5.74, 6) is -0.00216. The molecule has 27 heavy (non-hydrogen) atoms. The number of carbonyl (C=O) groups excluding carboxylic acids is 1. The predicted molar refractivity (Wildman–Crippen MR) is 111 cm³/mol. The average Bonchev–Trinajstić information content (AvgIpc) is 3.22. The number of hydrogen-bond acceptors (Lipinski definition) is 3. The van der Waals surface area contributed by atoms with E-state index in [1.165, 1.54) is 16.0 Å². The molecule has 138 valence electrons. The standard InChI is InChI=1S/C23H24N2OS/c1-17-6-4-9-19(14-17)23(26)24-15-21(22-10-5-13-27-22)25-12-11-18-7-2-3-8-20(18)16-25/h2-10,13-14,21H,11-12,15-16H2,1H3,(H,24,26)/t21-/m0/s1. The SMILES string of the molecule is Cc1cccc(C(=O)NC[C@@H](c2cccs2)N2CCc3ccccc3C2)c1. The van der Waals surface area contributed by atoms with E-state index in [0.29, 0.717) is 6.54 Å². The Morgan fingerprint density at radius 3 is 2.74 bits per heavy atom. The monoisotopic (exact) mass is 376 g/mol. The molecule has 1 N–H and O–H groups in total. The highest BCUT2D eigenvalue weighted by atomic mass is 32.1. The minimum Gasteiger partial charge on any atom is -0.350 e. The van der Waals surface area contributed by atoms with Crippen molar-refractivity contribution in [1.29, 1.82) is 0 Å². The number of nitrogens with one attached hydrogen (secondary N) is 1. The summed E-state index contributed by atoms with van der Waals surface area (Å²) < 4.78 is 0. The van der Waals surface area contributed by atoms with Crippen molar-refractivity contribution in [2.24, 2.45) is 0 Å². The predicted octanol–water partition coefficient (Wildman–Crippen LogP) is 4.59. The van der Waals surface area contributed by atoms with E-state index in [0.717, 1.165) is 30.6 Å². The molecule has 0 bridgehead atoms. The molecule has 0 fully saturated rings. The molecule has 2 aromatic carbocycles. The van der Waals surface area contributed by atoms with Crippen molar-refractivity contribution >= 4 is 17.2 Å². The van der Waals surface area contributed by atoms with Gasteiger partial charge in [-0.15, -0.1) is 11.3 Å². The van der Waals surface area contributed by atoms with Crippen LogP contribution in [0.4, 0.5) is 0 Å². The van der Waals surface area contributed by atoms with Gasteiger partial charge in [-0.3, -0.25) is 9.69 Å². The number of rotatable bonds is 5. The smallest absolute Gasteiger partial charge is 0.251 e. The summed E-state index contributed by atoms with van der Waals surface area (Å²) in [5, 5.41) is 5.28. The van der Waals surface area contributed by atoms with Crippen molar-refractivity contribution in [2.75, 3.05) is 13.1 Å². The summed E-state index contributed by atoms with van der Waals surface area (Å²) in [5.41, 5.74) is 4.67. The van der Waals surface area contributed by atoms with Crippen LogP contribution in [-0.2, 0) is 13.0 Å². The first-order chi connectivity index (χ1) is 13.2. The van der Waals surface area contributed by atoms with Gasteiger partial charge in [0, 0.05) is 30.1 Å².